The van der Waals surface area contributed by atoms with Crippen LogP contribution in [0.4, 0.5) is 5.82 Å². The van der Waals surface area contributed by atoms with E-state index >= 15 is 0 Å². The predicted molar refractivity (Wildman–Crippen MR) is 53.1 cm³/mol. The Morgan fingerprint density at radius 1 is 1.29 bits per heavy atom. The van der Waals surface area contributed by atoms with Gasteiger partial charge in [0.25, 0.3) is 0 Å². The van der Waals surface area contributed by atoms with Gasteiger partial charge < -0.3 is 10.2 Å². The molecule has 0 aliphatic carbocycles. The molecule has 1 aliphatic heterocycles. The van der Waals surface area contributed by atoms with Gasteiger partial charge in [0.15, 0.2) is 11.0 Å². The summed E-state index contributed by atoms with van der Waals surface area (Å²) >= 11 is 5.85. The summed E-state index contributed by atoms with van der Waals surface area (Å²) in [5.41, 5.74) is 3.10. The van der Waals surface area contributed by atoms with E-state index in [4.69, 9.17) is 16.3 Å². The first-order valence-corrected chi connectivity index (χ1v) is 4.80. The fourth-order valence-corrected chi connectivity index (χ4v) is 1.37. The maximum atomic E-state index is 5.85. The minimum Gasteiger partial charge on any atom is -0.379 e. The summed E-state index contributed by atoms with van der Waals surface area (Å²) in [4.78, 5) is 8.01. The zero-order chi connectivity index (χ0) is 9.80. The molecule has 1 aliphatic rings. The molecule has 0 bridgehead atoms. The van der Waals surface area contributed by atoms with E-state index in [1.54, 1.807) is 12.4 Å². The number of aromatic nitrogens is 2. The van der Waals surface area contributed by atoms with Crippen molar-refractivity contribution in [1.82, 2.24) is 15.0 Å². The molecule has 0 radical (unpaired) electrons. The summed E-state index contributed by atoms with van der Waals surface area (Å²) in [6.45, 7) is 3.11. The van der Waals surface area contributed by atoms with Crippen molar-refractivity contribution in [1.29, 1.82) is 0 Å². The molecule has 6 heteroatoms. The SMILES string of the molecule is Clc1nccnc1NN1CCOCC1. The molecule has 2 heterocycles. The second-order valence-corrected chi connectivity index (χ2v) is 3.26. The van der Waals surface area contributed by atoms with Crippen LogP contribution in [0, 0.1) is 0 Å². The van der Waals surface area contributed by atoms with Crippen molar-refractivity contribution in [3.8, 4) is 0 Å². The van der Waals surface area contributed by atoms with Crippen LogP contribution in [-0.4, -0.2) is 41.3 Å². The fraction of sp³-hybridized carbons (Fsp3) is 0.500. The van der Waals surface area contributed by atoms with E-state index in [9.17, 15) is 0 Å². The summed E-state index contributed by atoms with van der Waals surface area (Å²) in [5, 5.41) is 2.40. The molecule has 1 aromatic rings. The molecule has 1 saturated heterocycles. The Bertz CT molecular complexity index is 303. The number of morpholine rings is 1. The molecule has 0 unspecified atom stereocenters. The third-order valence-corrected chi connectivity index (χ3v) is 2.21. The van der Waals surface area contributed by atoms with Gasteiger partial charge in [-0.25, -0.2) is 15.0 Å². The predicted octanol–water partition coefficient (Wildman–Crippen LogP) is 0.789. The summed E-state index contributed by atoms with van der Waals surface area (Å²) in [7, 11) is 0. The monoisotopic (exact) mass is 214 g/mol. The maximum absolute atomic E-state index is 5.85. The Kier molecular flexibility index (Phi) is 3.13. The lowest BCUT2D eigenvalue weighted by molar-refractivity contribution is 0.0495. The second-order valence-electron chi connectivity index (χ2n) is 2.91. The Morgan fingerprint density at radius 3 is 2.71 bits per heavy atom. The van der Waals surface area contributed by atoms with E-state index in [0.717, 1.165) is 26.3 Å². The third kappa shape index (κ3) is 2.31. The average Bonchev–Trinajstić information content (AvgIpc) is 2.23. The first-order chi connectivity index (χ1) is 6.86. The summed E-state index contributed by atoms with van der Waals surface area (Å²) in [6, 6.07) is 0. The molecule has 0 amide bonds. The van der Waals surface area contributed by atoms with Crippen LogP contribution in [0.5, 0.6) is 0 Å². The largest absolute Gasteiger partial charge is 0.379 e. The van der Waals surface area contributed by atoms with Gasteiger partial charge in [0, 0.05) is 25.5 Å². The van der Waals surface area contributed by atoms with Crippen molar-refractivity contribution in [2.45, 2.75) is 0 Å². The van der Waals surface area contributed by atoms with E-state index in [1.165, 1.54) is 0 Å². The molecular formula is C8H11ClN4O. The van der Waals surface area contributed by atoms with E-state index in [-0.39, 0.29) is 0 Å². The highest BCUT2D eigenvalue weighted by molar-refractivity contribution is 6.31. The van der Waals surface area contributed by atoms with Crippen LogP contribution in [0.15, 0.2) is 12.4 Å². The van der Waals surface area contributed by atoms with Crippen LogP contribution in [-0.2, 0) is 4.74 Å². The van der Waals surface area contributed by atoms with Crippen molar-refractivity contribution < 1.29 is 4.74 Å². The van der Waals surface area contributed by atoms with Crippen LogP contribution >= 0.6 is 11.6 Å². The Hall–Kier alpha value is -0.910. The Labute approximate surface area is 87.0 Å². The maximum Gasteiger partial charge on any atom is 0.178 e. The van der Waals surface area contributed by atoms with Gasteiger partial charge in [0.2, 0.25) is 0 Å². The first kappa shape index (κ1) is 9.64. The van der Waals surface area contributed by atoms with Crippen LogP contribution in [0.1, 0.15) is 0 Å². The Morgan fingerprint density at radius 2 is 2.00 bits per heavy atom. The van der Waals surface area contributed by atoms with Gasteiger partial charge in [-0.05, 0) is 0 Å². The van der Waals surface area contributed by atoms with E-state index in [0.29, 0.717) is 11.0 Å². The number of hydrogen-bond acceptors (Lipinski definition) is 5. The van der Waals surface area contributed by atoms with Crippen LogP contribution < -0.4 is 5.43 Å². The standard InChI is InChI=1S/C8H11ClN4O/c9-7-8(11-2-1-10-7)12-13-3-5-14-6-4-13/h1-2H,3-6H2,(H,11,12). The van der Waals surface area contributed by atoms with Crippen molar-refractivity contribution >= 4 is 17.4 Å². The van der Waals surface area contributed by atoms with Gasteiger partial charge in [-0.15, -0.1) is 0 Å². The molecule has 0 aromatic carbocycles. The van der Waals surface area contributed by atoms with Crippen LogP contribution in [0.3, 0.4) is 0 Å². The highest BCUT2D eigenvalue weighted by Crippen LogP contribution is 2.15. The summed E-state index contributed by atoms with van der Waals surface area (Å²) in [6.07, 6.45) is 3.17. The molecule has 5 nitrogen and oxygen atoms in total. The number of hydrogen-bond donors (Lipinski definition) is 1. The van der Waals surface area contributed by atoms with Crippen LogP contribution in [0.2, 0.25) is 5.15 Å². The molecule has 1 fully saturated rings. The van der Waals surface area contributed by atoms with Crippen molar-refractivity contribution in [3.63, 3.8) is 0 Å². The lowest BCUT2D eigenvalue weighted by Gasteiger charge is -2.27. The van der Waals surface area contributed by atoms with Crippen molar-refractivity contribution in [3.05, 3.63) is 17.5 Å². The molecule has 1 N–H and O–H groups in total. The van der Waals surface area contributed by atoms with Crippen molar-refractivity contribution in [2.75, 3.05) is 31.7 Å². The molecule has 0 saturated carbocycles. The minimum absolute atomic E-state index is 0.388. The lowest BCUT2D eigenvalue weighted by Crippen LogP contribution is -2.40. The van der Waals surface area contributed by atoms with E-state index in [2.05, 4.69) is 15.4 Å². The normalized spacial score (nSPS) is 18.1. The number of halogens is 1. The molecule has 1 aromatic heterocycles. The average molecular weight is 215 g/mol. The number of ether oxygens (including phenoxy) is 1. The third-order valence-electron chi connectivity index (χ3n) is 1.93. The molecule has 14 heavy (non-hydrogen) atoms. The van der Waals surface area contributed by atoms with E-state index in [1.807, 2.05) is 5.01 Å². The summed E-state index contributed by atoms with van der Waals surface area (Å²) in [5.74, 6) is 0.594. The topological polar surface area (TPSA) is 50.3 Å². The van der Waals surface area contributed by atoms with Gasteiger partial charge in [-0.2, -0.15) is 0 Å². The fourth-order valence-electron chi connectivity index (χ4n) is 1.22. The Balaban J connectivity index is 1.99. The number of nitrogens with one attached hydrogen (secondary N) is 1. The highest BCUT2D eigenvalue weighted by atomic mass is 35.5. The van der Waals surface area contributed by atoms with Gasteiger partial charge in [-0.3, -0.25) is 0 Å². The number of anilines is 1. The number of hydrazine groups is 1. The molecule has 0 spiro atoms. The minimum atomic E-state index is 0.388. The first-order valence-electron chi connectivity index (χ1n) is 4.42. The summed E-state index contributed by atoms with van der Waals surface area (Å²) < 4.78 is 5.22. The zero-order valence-corrected chi connectivity index (χ0v) is 8.37. The molecular weight excluding hydrogens is 204 g/mol. The van der Waals surface area contributed by atoms with E-state index < -0.39 is 0 Å². The molecule has 2 rings (SSSR count). The highest BCUT2D eigenvalue weighted by Gasteiger charge is 2.11. The smallest absolute Gasteiger partial charge is 0.178 e. The van der Waals surface area contributed by atoms with Crippen LogP contribution in [0.25, 0.3) is 0 Å². The van der Waals surface area contributed by atoms with Crippen molar-refractivity contribution in [2.24, 2.45) is 0 Å². The lowest BCUT2D eigenvalue weighted by atomic mass is 10.5. The number of rotatable bonds is 2. The van der Waals surface area contributed by atoms with Gasteiger partial charge in [0.1, 0.15) is 0 Å². The second kappa shape index (κ2) is 4.54. The van der Waals surface area contributed by atoms with Gasteiger partial charge in [-0.1, -0.05) is 11.6 Å². The quantitative estimate of drug-likeness (QED) is 0.789. The molecule has 0 atom stereocenters. The number of nitrogens with zero attached hydrogens (tertiary/aromatic N) is 3. The van der Waals surface area contributed by atoms with Gasteiger partial charge in [0.05, 0.1) is 13.2 Å². The molecule has 76 valence electrons. The van der Waals surface area contributed by atoms with Gasteiger partial charge >= 0.3 is 0 Å². The zero-order valence-electron chi connectivity index (χ0n) is 7.61.